The number of hydrogen-bond donors (Lipinski definition) is 1. The molecule has 0 saturated carbocycles. The van der Waals surface area contributed by atoms with Crippen LogP contribution >= 0.6 is 15.9 Å². The maximum absolute atomic E-state index is 13.1. The van der Waals surface area contributed by atoms with Gasteiger partial charge >= 0.3 is 0 Å². The highest BCUT2D eigenvalue weighted by atomic mass is 79.9. The number of carbonyl (C=O) groups excluding carboxylic acids is 1. The maximum atomic E-state index is 13.1. The van der Waals surface area contributed by atoms with Gasteiger partial charge in [-0.05, 0) is 52.7 Å². The van der Waals surface area contributed by atoms with E-state index in [-0.39, 0.29) is 5.91 Å². The molecule has 0 aliphatic rings. The molecular formula is C13H10BrFN2O. The average molecular weight is 309 g/mol. The maximum Gasteiger partial charge on any atom is 0.256 e. The minimum absolute atomic E-state index is 0.318. The van der Waals surface area contributed by atoms with Crippen molar-refractivity contribution in [3.05, 3.63) is 58.1 Å². The van der Waals surface area contributed by atoms with Crippen LogP contribution in [0.2, 0.25) is 0 Å². The topological polar surface area (TPSA) is 42.0 Å². The number of anilines is 1. The minimum atomic E-state index is -0.431. The summed E-state index contributed by atoms with van der Waals surface area (Å²) in [5, 5.41) is 2.66. The first-order valence-electron chi connectivity index (χ1n) is 5.25. The number of pyridine rings is 1. The molecule has 1 heterocycles. The van der Waals surface area contributed by atoms with Crippen molar-refractivity contribution >= 4 is 27.5 Å². The average Bonchev–Trinajstić information content (AvgIpc) is 2.35. The molecule has 3 nitrogen and oxygen atoms in total. The van der Waals surface area contributed by atoms with Gasteiger partial charge in [-0.2, -0.15) is 0 Å². The summed E-state index contributed by atoms with van der Waals surface area (Å²) < 4.78 is 13.8. The van der Waals surface area contributed by atoms with Gasteiger partial charge < -0.3 is 5.32 Å². The van der Waals surface area contributed by atoms with Crippen LogP contribution in [0.25, 0.3) is 0 Å². The highest BCUT2D eigenvalue weighted by Gasteiger charge is 2.10. The number of nitrogens with zero attached hydrogens (tertiary/aromatic N) is 1. The summed E-state index contributed by atoms with van der Waals surface area (Å²) in [5.74, 6) is -0.782. The van der Waals surface area contributed by atoms with Crippen LogP contribution in [0.15, 0.2) is 41.1 Å². The fourth-order valence-electron chi connectivity index (χ4n) is 1.49. The summed E-state index contributed by atoms with van der Waals surface area (Å²) in [5.41, 5.74) is 1.60. The second-order valence-corrected chi connectivity index (χ2v) is 4.60. The van der Waals surface area contributed by atoms with Crippen LogP contribution in [-0.4, -0.2) is 10.9 Å². The quantitative estimate of drug-likeness (QED) is 0.862. The van der Waals surface area contributed by atoms with Crippen LogP contribution in [0.1, 0.15) is 15.9 Å². The normalized spacial score (nSPS) is 10.2. The first kappa shape index (κ1) is 12.7. The van der Waals surface area contributed by atoms with Gasteiger partial charge in [-0.1, -0.05) is 6.07 Å². The Kier molecular flexibility index (Phi) is 3.72. The lowest BCUT2D eigenvalue weighted by Gasteiger charge is -2.07. The predicted molar refractivity (Wildman–Crippen MR) is 71.0 cm³/mol. The smallest absolute Gasteiger partial charge is 0.256 e. The second kappa shape index (κ2) is 5.27. The number of hydrogen-bond acceptors (Lipinski definition) is 2. The van der Waals surface area contributed by atoms with Crippen molar-refractivity contribution in [1.82, 2.24) is 4.98 Å². The van der Waals surface area contributed by atoms with Gasteiger partial charge in [0.2, 0.25) is 0 Å². The molecular weight excluding hydrogens is 299 g/mol. The van der Waals surface area contributed by atoms with Gasteiger partial charge in [0.25, 0.3) is 5.91 Å². The predicted octanol–water partition coefficient (Wildman–Crippen LogP) is 3.54. The molecule has 0 aliphatic carbocycles. The van der Waals surface area contributed by atoms with Crippen molar-refractivity contribution in [3.8, 4) is 0 Å². The van der Waals surface area contributed by atoms with Crippen LogP contribution < -0.4 is 5.32 Å². The Bertz CT molecular complexity index is 584. The van der Waals surface area contributed by atoms with Gasteiger partial charge in [-0.3, -0.25) is 4.79 Å². The standard InChI is InChI=1S/C13H10BrFN2O/c1-8-2-3-9(15)6-11(8)13(18)17-10-4-5-12(14)16-7-10/h2-7H,1H3,(H,17,18). The molecule has 92 valence electrons. The zero-order valence-corrected chi connectivity index (χ0v) is 11.2. The summed E-state index contributed by atoms with van der Waals surface area (Å²) in [6.45, 7) is 1.76. The summed E-state index contributed by atoms with van der Waals surface area (Å²) in [4.78, 5) is 15.9. The van der Waals surface area contributed by atoms with E-state index in [9.17, 15) is 9.18 Å². The van der Waals surface area contributed by atoms with Crippen molar-refractivity contribution in [2.75, 3.05) is 5.32 Å². The van der Waals surface area contributed by atoms with Gasteiger partial charge in [0.1, 0.15) is 10.4 Å². The van der Waals surface area contributed by atoms with Crippen LogP contribution in [0.4, 0.5) is 10.1 Å². The third-order valence-corrected chi connectivity index (χ3v) is 2.90. The van der Waals surface area contributed by atoms with E-state index in [2.05, 4.69) is 26.2 Å². The number of nitrogens with one attached hydrogen (secondary N) is 1. The first-order chi connectivity index (χ1) is 8.56. The van der Waals surface area contributed by atoms with Gasteiger partial charge in [0, 0.05) is 5.56 Å². The van der Waals surface area contributed by atoms with E-state index in [1.807, 2.05) is 0 Å². The van der Waals surface area contributed by atoms with Gasteiger partial charge in [-0.25, -0.2) is 9.37 Å². The highest BCUT2D eigenvalue weighted by Crippen LogP contribution is 2.14. The first-order valence-corrected chi connectivity index (χ1v) is 6.04. The lowest BCUT2D eigenvalue weighted by atomic mass is 10.1. The van der Waals surface area contributed by atoms with Crippen LogP contribution in [0.3, 0.4) is 0 Å². The molecule has 0 saturated heterocycles. The Balaban J connectivity index is 2.21. The van der Waals surface area contributed by atoms with E-state index in [1.165, 1.54) is 18.3 Å². The lowest BCUT2D eigenvalue weighted by molar-refractivity contribution is 0.102. The van der Waals surface area contributed by atoms with Crippen molar-refractivity contribution in [1.29, 1.82) is 0 Å². The Hall–Kier alpha value is -1.75. The summed E-state index contributed by atoms with van der Waals surface area (Å²) in [7, 11) is 0. The molecule has 1 aromatic carbocycles. The summed E-state index contributed by atoms with van der Waals surface area (Å²) >= 11 is 3.20. The number of benzene rings is 1. The van der Waals surface area contributed by atoms with E-state index >= 15 is 0 Å². The van der Waals surface area contributed by atoms with Crippen LogP contribution in [0.5, 0.6) is 0 Å². The number of rotatable bonds is 2. The van der Waals surface area contributed by atoms with Gasteiger partial charge in [0.15, 0.2) is 0 Å². The Morgan fingerprint density at radius 1 is 1.33 bits per heavy atom. The molecule has 0 fully saturated rings. The number of halogens is 2. The molecule has 0 bridgehead atoms. The fraction of sp³-hybridized carbons (Fsp3) is 0.0769. The van der Waals surface area contributed by atoms with Crippen LogP contribution in [-0.2, 0) is 0 Å². The summed E-state index contributed by atoms with van der Waals surface area (Å²) in [6.07, 6.45) is 1.52. The zero-order chi connectivity index (χ0) is 13.1. The Morgan fingerprint density at radius 3 is 2.78 bits per heavy atom. The Morgan fingerprint density at radius 2 is 2.11 bits per heavy atom. The number of aryl methyl sites for hydroxylation is 1. The van der Waals surface area contributed by atoms with E-state index in [1.54, 1.807) is 25.1 Å². The molecule has 2 aromatic rings. The van der Waals surface area contributed by atoms with Crippen molar-refractivity contribution < 1.29 is 9.18 Å². The van der Waals surface area contributed by atoms with Gasteiger partial charge in [0.05, 0.1) is 11.9 Å². The molecule has 0 radical (unpaired) electrons. The summed E-state index contributed by atoms with van der Waals surface area (Å²) in [6, 6.07) is 7.55. The SMILES string of the molecule is Cc1ccc(F)cc1C(=O)Nc1ccc(Br)nc1. The molecule has 18 heavy (non-hydrogen) atoms. The van der Waals surface area contributed by atoms with Crippen LogP contribution in [0, 0.1) is 12.7 Å². The highest BCUT2D eigenvalue weighted by molar-refractivity contribution is 9.10. The molecule has 1 aromatic heterocycles. The molecule has 0 unspecified atom stereocenters. The van der Waals surface area contributed by atoms with Crippen molar-refractivity contribution in [3.63, 3.8) is 0 Å². The fourth-order valence-corrected chi connectivity index (χ4v) is 1.72. The van der Waals surface area contributed by atoms with Crippen molar-refractivity contribution in [2.45, 2.75) is 6.92 Å². The number of carbonyl (C=O) groups is 1. The molecule has 0 atom stereocenters. The molecule has 0 aliphatic heterocycles. The third kappa shape index (κ3) is 2.92. The minimum Gasteiger partial charge on any atom is -0.321 e. The molecule has 5 heteroatoms. The van der Waals surface area contributed by atoms with Gasteiger partial charge in [-0.15, -0.1) is 0 Å². The molecule has 2 rings (SSSR count). The number of amides is 1. The van der Waals surface area contributed by atoms with E-state index in [4.69, 9.17) is 0 Å². The largest absolute Gasteiger partial charge is 0.321 e. The number of aromatic nitrogens is 1. The lowest BCUT2D eigenvalue weighted by Crippen LogP contribution is -2.13. The van der Waals surface area contributed by atoms with E-state index in [0.717, 1.165) is 5.56 Å². The molecule has 1 amide bonds. The van der Waals surface area contributed by atoms with E-state index in [0.29, 0.717) is 15.9 Å². The Labute approximate surface area is 112 Å². The zero-order valence-electron chi connectivity index (χ0n) is 9.58. The molecule has 1 N–H and O–H groups in total. The second-order valence-electron chi connectivity index (χ2n) is 3.78. The van der Waals surface area contributed by atoms with E-state index < -0.39 is 5.82 Å². The third-order valence-electron chi connectivity index (χ3n) is 2.43. The molecule has 0 spiro atoms. The van der Waals surface area contributed by atoms with Crippen molar-refractivity contribution in [2.24, 2.45) is 0 Å². The monoisotopic (exact) mass is 308 g/mol.